The zero-order valence-electron chi connectivity index (χ0n) is 17.9. The lowest BCUT2D eigenvalue weighted by Crippen LogP contribution is -2.49. The normalized spacial score (nSPS) is 20.2. The lowest BCUT2D eigenvalue weighted by Gasteiger charge is -2.26. The number of methoxy groups -OCH3 is 1. The van der Waals surface area contributed by atoms with Gasteiger partial charge in [0, 0.05) is 19.4 Å². The smallest absolute Gasteiger partial charge is 0.251 e. The average molecular weight is 518 g/mol. The van der Waals surface area contributed by atoms with Crippen LogP contribution in [0.3, 0.4) is 0 Å². The average Bonchev–Trinajstić information content (AvgIpc) is 3.31. The van der Waals surface area contributed by atoms with Gasteiger partial charge in [-0.05, 0) is 34.1 Å². The molecule has 4 rings (SSSR count). The number of hydrogen-bond donors (Lipinski definition) is 1. The highest BCUT2D eigenvalue weighted by atomic mass is 79.9. The Morgan fingerprint density at radius 3 is 2.67 bits per heavy atom. The molecule has 3 heterocycles. The number of rotatable bonds is 6. The second-order valence-corrected chi connectivity index (χ2v) is 8.43. The second kappa shape index (κ2) is 9.36. The van der Waals surface area contributed by atoms with Crippen LogP contribution in [0.25, 0.3) is 10.9 Å². The quantitative estimate of drug-likeness (QED) is 0.397. The van der Waals surface area contributed by atoms with Crippen molar-refractivity contribution in [2.24, 2.45) is 0 Å². The molecule has 0 aliphatic carbocycles. The molecule has 3 atom stereocenters. The number of para-hydroxylation sites is 1. The number of ether oxygens (including phenoxy) is 1. The molecule has 172 valence electrons. The van der Waals surface area contributed by atoms with Gasteiger partial charge < -0.3 is 15.0 Å². The Kier molecular flexibility index (Phi) is 6.52. The number of halogens is 2. The number of Topliss-reactive ketones (excluding diaryl/α,β-unsaturated/α-hetero) is 1. The molecule has 0 spiro atoms. The lowest BCUT2D eigenvalue weighted by molar-refractivity contribution is -0.139. The number of hydrogen-bond acceptors (Lipinski definition) is 6. The summed E-state index contributed by atoms with van der Waals surface area (Å²) in [4.78, 5) is 43.5. The van der Waals surface area contributed by atoms with E-state index < -0.39 is 30.1 Å². The molecule has 0 unspecified atom stereocenters. The Hall–Kier alpha value is -3.18. The van der Waals surface area contributed by atoms with Crippen LogP contribution in [0.1, 0.15) is 17.4 Å². The highest BCUT2D eigenvalue weighted by Crippen LogP contribution is 2.26. The van der Waals surface area contributed by atoms with Gasteiger partial charge in [0.1, 0.15) is 41.0 Å². The number of carbonyl (C=O) groups excluding carboxylic acids is 3. The fourth-order valence-corrected chi connectivity index (χ4v) is 4.35. The van der Waals surface area contributed by atoms with Crippen LogP contribution in [0, 0.1) is 0 Å². The molecule has 1 N–H and O–H groups in total. The predicted molar refractivity (Wildman–Crippen MR) is 121 cm³/mol. The minimum atomic E-state index is -1.55. The first kappa shape index (κ1) is 23.0. The Balaban J connectivity index is 1.61. The molecule has 0 radical (unpaired) electrons. The number of fused-ring (bicyclic) bond motifs is 1. The van der Waals surface area contributed by atoms with Crippen molar-refractivity contribution in [3.8, 4) is 0 Å². The summed E-state index contributed by atoms with van der Waals surface area (Å²) in [6, 6.07) is 10.8. The summed E-state index contributed by atoms with van der Waals surface area (Å²) in [5, 5.41) is 7.52. The molecule has 2 aromatic heterocycles. The molecule has 3 aromatic rings. The van der Waals surface area contributed by atoms with Gasteiger partial charge in [-0.15, -0.1) is 0 Å². The van der Waals surface area contributed by atoms with Gasteiger partial charge in [0.25, 0.3) is 5.91 Å². The fraction of sp³-hybridized carbons (Fsp3) is 0.318. The Morgan fingerprint density at radius 2 is 1.97 bits per heavy atom. The van der Waals surface area contributed by atoms with E-state index in [1.165, 1.54) is 18.7 Å². The summed E-state index contributed by atoms with van der Waals surface area (Å²) < 4.78 is 21.9. The molecule has 33 heavy (non-hydrogen) atoms. The van der Waals surface area contributed by atoms with Crippen molar-refractivity contribution in [2.75, 3.05) is 19.0 Å². The van der Waals surface area contributed by atoms with E-state index in [2.05, 4.69) is 31.3 Å². The topological polar surface area (TPSA) is 106 Å². The van der Waals surface area contributed by atoms with Crippen LogP contribution in [0.4, 0.5) is 10.2 Å². The third-order valence-electron chi connectivity index (χ3n) is 5.48. The number of amides is 2. The molecule has 1 aromatic carbocycles. The highest BCUT2D eigenvalue weighted by molar-refractivity contribution is 9.10. The number of pyridine rings is 1. The summed E-state index contributed by atoms with van der Waals surface area (Å²) in [5.41, 5.74) is 0.836. The minimum Gasteiger partial charge on any atom is -0.376 e. The number of aromatic nitrogens is 3. The van der Waals surface area contributed by atoms with E-state index in [-0.39, 0.29) is 30.4 Å². The van der Waals surface area contributed by atoms with Crippen LogP contribution < -0.4 is 5.32 Å². The lowest BCUT2D eigenvalue weighted by atomic mass is 10.1. The van der Waals surface area contributed by atoms with E-state index in [0.29, 0.717) is 15.5 Å². The maximum Gasteiger partial charge on any atom is 0.251 e. The van der Waals surface area contributed by atoms with E-state index in [1.54, 1.807) is 42.5 Å². The molecule has 1 aliphatic heterocycles. The van der Waals surface area contributed by atoms with Gasteiger partial charge in [-0.25, -0.2) is 9.37 Å². The van der Waals surface area contributed by atoms with E-state index >= 15 is 0 Å². The summed E-state index contributed by atoms with van der Waals surface area (Å²) in [7, 11) is 1.29. The SMILES string of the molecule is CO[C@H]1[C@@H](C(=O)Nc2cccc(Br)n2)N(C(=O)Cn2nc(C(C)=O)c3ccccc32)C[C@@H]1F. The van der Waals surface area contributed by atoms with Crippen molar-refractivity contribution in [3.05, 3.63) is 52.8 Å². The molecular formula is C22H21BrFN5O4. The number of ketones is 1. The maximum atomic E-state index is 14.7. The summed E-state index contributed by atoms with van der Waals surface area (Å²) >= 11 is 3.23. The van der Waals surface area contributed by atoms with Crippen LogP contribution in [0.2, 0.25) is 0 Å². The molecule has 0 bridgehead atoms. The number of anilines is 1. The molecule has 0 saturated carbocycles. The van der Waals surface area contributed by atoms with Crippen molar-refractivity contribution in [1.29, 1.82) is 0 Å². The van der Waals surface area contributed by atoms with Crippen molar-refractivity contribution in [2.45, 2.75) is 31.8 Å². The van der Waals surface area contributed by atoms with Crippen LogP contribution in [-0.2, 0) is 20.9 Å². The number of carbonyl (C=O) groups is 3. The first-order chi connectivity index (χ1) is 15.8. The number of likely N-dealkylation sites (tertiary alicyclic amines) is 1. The summed E-state index contributed by atoms with van der Waals surface area (Å²) in [5.74, 6) is -1.12. The predicted octanol–water partition coefficient (Wildman–Crippen LogP) is 2.60. The molecule has 11 heteroatoms. The van der Waals surface area contributed by atoms with Crippen molar-refractivity contribution in [3.63, 3.8) is 0 Å². The zero-order chi connectivity index (χ0) is 23.7. The van der Waals surface area contributed by atoms with Crippen molar-refractivity contribution in [1.82, 2.24) is 19.7 Å². The van der Waals surface area contributed by atoms with Gasteiger partial charge in [-0.3, -0.25) is 19.1 Å². The number of nitrogens with one attached hydrogen (secondary N) is 1. The molecule has 1 aliphatic rings. The molecule has 2 amide bonds. The van der Waals surface area contributed by atoms with Crippen molar-refractivity contribution < 1.29 is 23.5 Å². The van der Waals surface area contributed by atoms with Crippen LogP contribution in [0.5, 0.6) is 0 Å². The van der Waals surface area contributed by atoms with Gasteiger partial charge >= 0.3 is 0 Å². The number of nitrogens with zero attached hydrogens (tertiary/aromatic N) is 4. The third kappa shape index (κ3) is 4.51. The number of benzene rings is 1. The Morgan fingerprint density at radius 1 is 1.21 bits per heavy atom. The van der Waals surface area contributed by atoms with Crippen molar-refractivity contribution >= 4 is 50.2 Å². The summed E-state index contributed by atoms with van der Waals surface area (Å²) in [6.07, 6.45) is -2.68. The van der Waals surface area contributed by atoms with E-state index in [4.69, 9.17) is 4.74 Å². The van der Waals surface area contributed by atoms with Gasteiger partial charge in [0.2, 0.25) is 5.91 Å². The second-order valence-electron chi connectivity index (χ2n) is 7.62. The van der Waals surface area contributed by atoms with Gasteiger partial charge in [-0.2, -0.15) is 5.10 Å². The van der Waals surface area contributed by atoms with E-state index in [9.17, 15) is 18.8 Å². The van der Waals surface area contributed by atoms with Gasteiger partial charge in [-0.1, -0.05) is 24.3 Å². The first-order valence-corrected chi connectivity index (χ1v) is 11.0. The molecule has 1 fully saturated rings. The monoisotopic (exact) mass is 517 g/mol. The summed E-state index contributed by atoms with van der Waals surface area (Å²) in [6.45, 7) is 0.824. The first-order valence-electron chi connectivity index (χ1n) is 10.2. The van der Waals surface area contributed by atoms with E-state index in [0.717, 1.165) is 4.90 Å². The fourth-order valence-electron chi connectivity index (χ4n) is 4.01. The van der Waals surface area contributed by atoms with Crippen LogP contribution >= 0.6 is 15.9 Å². The maximum absolute atomic E-state index is 14.7. The largest absolute Gasteiger partial charge is 0.376 e. The minimum absolute atomic E-state index is 0.236. The molecular weight excluding hydrogens is 497 g/mol. The van der Waals surface area contributed by atoms with Gasteiger partial charge in [0.05, 0.1) is 12.1 Å². The van der Waals surface area contributed by atoms with Gasteiger partial charge in [0.15, 0.2) is 5.78 Å². The van der Waals surface area contributed by atoms with E-state index in [1.807, 2.05) is 0 Å². The Labute approximate surface area is 197 Å². The third-order valence-corrected chi connectivity index (χ3v) is 5.92. The zero-order valence-corrected chi connectivity index (χ0v) is 19.5. The molecule has 1 saturated heterocycles. The highest BCUT2D eigenvalue weighted by Gasteiger charge is 2.48. The Bertz CT molecular complexity index is 1230. The van der Waals surface area contributed by atoms with Crippen LogP contribution in [0.15, 0.2) is 47.1 Å². The number of alkyl halides is 1. The standard InChI is InChI=1S/C22H21BrFN5O4/c1-12(30)19-13-6-3-4-7-15(13)29(27-19)11-18(31)28-10-14(24)21(33-2)20(28)22(32)26-17-9-5-8-16(23)25-17/h3-9,14,20-21H,10-11H2,1-2H3,(H,25,26,32)/t14-,20-,21+/m0/s1. The molecule has 9 nitrogen and oxygen atoms in total. The van der Waals surface area contributed by atoms with Crippen LogP contribution in [-0.4, -0.2) is 69.2 Å².